The van der Waals surface area contributed by atoms with Crippen molar-refractivity contribution in [3.63, 3.8) is 0 Å². The lowest BCUT2D eigenvalue weighted by Crippen LogP contribution is -2.41. The molecule has 1 saturated carbocycles. The summed E-state index contributed by atoms with van der Waals surface area (Å²) in [5.41, 5.74) is 2.26. The van der Waals surface area contributed by atoms with E-state index in [-0.39, 0.29) is 0 Å². The zero-order valence-electron chi connectivity index (χ0n) is 11.1. The van der Waals surface area contributed by atoms with Crippen LogP contribution in [0.25, 0.3) is 0 Å². The fourth-order valence-corrected chi connectivity index (χ4v) is 3.70. The molecule has 20 heavy (non-hydrogen) atoms. The van der Waals surface area contributed by atoms with Crippen LogP contribution in [0.1, 0.15) is 36.0 Å². The van der Waals surface area contributed by atoms with Crippen molar-refractivity contribution >= 4 is 22.9 Å². The fraction of sp³-hybridized carbons (Fsp3) is 0.375. The third-order valence-corrected chi connectivity index (χ3v) is 5.06. The average Bonchev–Trinajstić information content (AvgIpc) is 2.92. The van der Waals surface area contributed by atoms with Crippen LogP contribution in [0.4, 0.5) is 0 Å². The molecule has 3 rings (SSSR count). The first-order valence-electron chi connectivity index (χ1n) is 6.92. The van der Waals surface area contributed by atoms with Gasteiger partial charge in [-0.2, -0.15) is 11.3 Å². The van der Waals surface area contributed by atoms with Gasteiger partial charge in [0.05, 0.1) is 6.10 Å². The number of benzene rings is 1. The minimum atomic E-state index is -0.402. The van der Waals surface area contributed by atoms with Crippen LogP contribution in [0, 0.1) is 0 Å². The molecule has 0 bridgehead atoms. The van der Waals surface area contributed by atoms with Gasteiger partial charge in [-0.25, -0.2) is 0 Å². The molecule has 2 aromatic rings. The van der Waals surface area contributed by atoms with Crippen molar-refractivity contribution in [3.05, 3.63) is 57.2 Å². The largest absolute Gasteiger partial charge is 0.387 e. The topological polar surface area (TPSA) is 32.3 Å². The zero-order valence-corrected chi connectivity index (χ0v) is 12.7. The molecule has 0 radical (unpaired) electrons. The summed E-state index contributed by atoms with van der Waals surface area (Å²) < 4.78 is 0. The van der Waals surface area contributed by atoms with Crippen molar-refractivity contribution in [1.29, 1.82) is 0 Å². The predicted octanol–water partition coefficient (Wildman–Crippen LogP) is 3.97. The Labute approximate surface area is 128 Å². The number of aliphatic hydroxyl groups is 1. The summed E-state index contributed by atoms with van der Waals surface area (Å²) in [5, 5.41) is 18.3. The maximum atomic E-state index is 10.0. The molecule has 1 aliphatic rings. The fourth-order valence-electron chi connectivity index (χ4n) is 2.71. The summed E-state index contributed by atoms with van der Waals surface area (Å²) in [6.07, 6.45) is 1.79. The first-order valence-corrected chi connectivity index (χ1v) is 8.24. The molecule has 0 saturated heterocycles. The van der Waals surface area contributed by atoms with Crippen molar-refractivity contribution in [2.24, 2.45) is 0 Å². The maximum absolute atomic E-state index is 10.0. The van der Waals surface area contributed by atoms with E-state index in [4.69, 9.17) is 11.6 Å². The summed E-state index contributed by atoms with van der Waals surface area (Å²) in [5.74, 6) is 0.555. The number of thiophene rings is 1. The van der Waals surface area contributed by atoms with Gasteiger partial charge >= 0.3 is 0 Å². The molecule has 2 nitrogen and oxygen atoms in total. The Morgan fingerprint density at radius 2 is 2.10 bits per heavy atom. The van der Waals surface area contributed by atoms with Gasteiger partial charge in [-0.3, -0.25) is 0 Å². The third-order valence-electron chi connectivity index (χ3n) is 4.01. The number of nitrogens with one attached hydrogen (secondary N) is 1. The Kier molecular flexibility index (Phi) is 4.41. The molecule has 1 aromatic heterocycles. The van der Waals surface area contributed by atoms with E-state index in [0.717, 1.165) is 23.4 Å². The molecule has 1 atom stereocenters. The van der Waals surface area contributed by atoms with Gasteiger partial charge in [0.2, 0.25) is 0 Å². The van der Waals surface area contributed by atoms with E-state index in [1.54, 1.807) is 11.3 Å². The smallest absolute Gasteiger partial charge is 0.0922 e. The normalized spacial score (nSPS) is 23.3. The highest BCUT2D eigenvalue weighted by Crippen LogP contribution is 2.39. The number of hydrogen-bond acceptors (Lipinski definition) is 3. The second-order valence-electron chi connectivity index (χ2n) is 5.37. The highest BCUT2D eigenvalue weighted by atomic mass is 35.5. The molecule has 106 valence electrons. The maximum Gasteiger partial charge on any atom is 0.0922 e. The molecule has 4 heteroatoms. The minimum absolute atomic E-state index is 0.402. The summed E-state index contributed by atoms with van der Waals surface area (Å²) in [6.45, 7) is 0.622. The Bertz CT molecular complexity index is 551. The van der Waals surface area contributed by atoms with Gasteiger partial charge in [-0.05, 0) is 52.8 Å². The summed E-state index contributed by atoms with van der Waals surface area (Å²) in [7, 11) is 0. The Morgan fingerprint density at radius 3 is 2.80 bits per heavy atom. The molecular weight excluding hydrogens is 290 g/mol. The summed E-state index contributed by atoms with van der Waals surface area (Å²) >= 11 is 7.83. The van der Waals surface area contributed by atoms with Crippen LogP contribution in [-0.2, 0) is 0 Å². The van der Waals surface area contributed by atoms with Gasteiger partial charge in [0.1, 0.15) is 0 Å². The van der Waals surface area contributed by atoms with Crippen molar-refractivity contribution in [2.45, 2.75) is 30.9 Å². The van der Waals surface area contributed by atoms with Crippen molar-refractivity contribution < 1.29 is 5.11 Å². The first kappa shape index (κ1) is 14.1. The van der Waals surface area contributed by atoms with Crippen LogP contribution in [-0.4, -0.2) is 17.7 Å². The summed E-state index contributed by atoms with van der Waals surface area (Å²) in [4.78, 5) is 0. The van der Waals surface area contributed by atoms with E-state index in [9.17, 15) is 5.11 Å². The molecule has 0 amide bonds. The molecule has 1 aliphatic carbocycles. The van der Waals surface area contributed by atoms with Gasteiger partial charge in [-0.15, -0.1) is 0 Å². The van der Waals surface area contributed by atoms with Gasteiger partial charge in [0, 0.05) is 17.6 Å². The molecule has 0 spiro atoms. The molecule has 0 aliphatic heterocycles. The number of halogens is 1. The monoisotopic (exact) mass is 307 g/mol. The lowest BCUT2D eigenvalue weighted by atomic mass is 9.76. The molecule has 2 N–H and O–H groups in total. The average molecular weight is 308 g/mol. The SMILES string of the molecule is OC(CNC1CC(c2ccccc2Cl)C1)c1ccsc1. The van der Waals surface area contributed by atoms with Crippen LogP contribution >= 0.6 is 22.9 Å². The zero-order chi connectivity index (χ0) is 13.9. The van der Waals surface area contributed by atoms with E-state index in [2.05, 4.69) is 11.4 Å². The second-order valence-corrected chi connectivity index (χ2v) is 6.55. The van der Waals surface area contributed by atoms with Crippen molar-refractivity contribution in [1.82, 2.24) is 5.32 Å². The molecular formula is C16H18ClNOS. The number of hydrogen-bond donors (Lipinski definition) is 2. The van der Waals surface area contributed by atoms with Gasteiger partial charge < -0.3 is 10.4 Å². The van der Waals surface area contributed by atoms with Gasteiger partial charge in [-0.1, -0.05) is 29.8 Å². The van der Waals surface area contributed by atoms with Crippen LogP contribution < -0.4 is 5.32 Å². The minimum Gasteiger partial charge on any atom is -0.387 e. The highest BCUT2D eigenvalue weighted by Gasteiger charge is 2.31. The van der Waals surface area contributed by atoms with E-state index >= 15 is 0 Å². The molecule has 1 aromatic carbocycles. The number of rotatable bonds is 5. The van der Waals surface area contributed by atoms with Crippen molar-refractivity contribution in [2.75, 3.05) is 6.54 Å². The predicted molar refractivity (Wildman–Crippen MR) is 84.5 cm³/mol. The first-order chi connectivity index (χ1) is 9.74. The Balaban J connectivity index is 1.46. The van der Waals surface area contributed by atoms with Crippen LogP contribution in [0.15, 0.2) is 41.1 Å². The van der Waals surface area contributed by atoms with E-state index in [1.165, 1.54) is 5.56 Å². The Morgan fingerprint density at radius 1 is 1.30 bits per heavy atom. The van der Waals surface area contributed by atoms with Gasteiger partial charge in [0.15, 0.2) is 0 Å². The van der Waals surface area contributed by atoms with Crippen LogP contribution in [0.3, 0.4) is 0 Å². The van der Waals surface area contributed by atoms with Gasteiger partial charge in [0.25, 0.3) is 0 Å². The summed E-state index contributed by atoms with van der Waals surface area (Å²) in [6, 6.07) is 10.6. The highest BCUT2D eigenvalue weighted by molar-refractivity contribution is 7.07. The van der Waals surface area contributed by atoms with Crippen LogP contribution in [0.5, 0.6) is 0 Å². The third kappa shape index (κ3) is 3.07. The standard InChI is InChI=1S/C16H18ClNOS/c17-15-4-2-1-3-14(15)12-7-13(8-12)18-9-16(19)11-5-6-20-10-11/h1-6,10,12-13,16,18-19H,7-9H2. The van der Waals surface area contributed by atoms with E-state index in [1.807, 2.05) is 35.0 Å². The van der Waals surface area contributed by atoms with Crippen molar-refractivity contribution in [3.8, 4) is 0 Å². The molecule has 1 heterocycles. The molecule has 1 unspecified atom stereocenters. The Hall–Kier alpha value is -0.870. The lowest BCUT2D eigenvalue weighted by molar-refractivity contribution is 0.157. The number of aliphatic hydroxyl groups excluding tert-OH is 1. The quantitative estimate of drug-likeness (QED) is 0.876. The van der Waals surface area contributed by atoms with Crippen LogP contribution in [0.2, 0.25) is 5.02 Å². The van der Waals surface area contributed by atoms with E-state index < -0.39 is 6.10 Å². The van der Waals surface area contributed by atoms with E-state index in [0.29, 0.717) is 18.5 Å². The second kappa shape index (κ2) is 6.27. The lowest BCUT2D eigenvalue weighted by Gasteiger charge is -2.37. The molecule has 1 fully saturated rings.